The topological polar surface area (TPSA) is 29.3 Å². The maximum absolute atomic E-state index is 13.4. The lowest BCUT2D eigenvalue weighted by Crippen LogP contribution is -2.13. The second-order valence-corrected chi connectivity index (χ2v) is 4.21. The Bertz CT molecular complexity index is 565. The van der Waals surface area contributed by atoms with Gasteiger partial charge in [-0.25, -0.2) is 8.78 Å². The highest BCUT2D eigenvalue weighted by Gasteiger charge is 2.13. The van der Waals surface area contributed by atoms with Crippen LogP contribution in [0.4, 0.5) is 25.8 Å². The van der Waals surface area contributed by atoms with Crippen molar-refractivity contribution in [2.45, 2.75) is 6.92 Å². The standard InChI is InChI=1S/C14H14F2N2/c1-9-3-5-11(6-4-9)18(2)13-8-10(15)7-12(16)14(13)17/h3-8H,17H2,1-2H3. The zero-order valence-electron chi connectivity index (χ0n) is 10.2. The van der Waals surface area contributed by atoms with Gasteiger partial charge in [0, 0.05) is 18.8 Å². The molecule has 2 aromatic carbocycles. The summed E-state index contributed by atoms with van der Waals surface area (Å²) in [5.41, 5.74) is 7.83. The Morgan fingerprint density at radius 2 is 1.67 bits per heavy atom. The van der Waals surface area contributed by atoms with Gasteiger partial charge in [0.25, 0.3) is 0 Å². The lowest BCUT2D eigenvalue weighted by Gasteiger charge is -2.21. The quantitative estimate of drug-likeness (QED) is 0.822. The Morgan fingerprint density at radius 3 is 2.28 bits per heavy atom. The summed E-state index contributed by atoms with van der Waals surface area (Å²) in [5.74, 6) is -1.39. The highest BCUT2D eigenvalue weighted by Crippen LogP contribution is 2.31. The Balaban J connectivity index is 2.45. The predicted octanol–water partition coefficient (Wildman–Crippen LogP) is 3.62. The Morgan fingerprint density at radius 1 is 1.06 bits per heavy atom. The Labute approximate surface area is 105 Å². The highest BCUT2D eigenvalue weighted by molar-refractivity contribution is 5.74. The van der Waals surface area contributed by atoms with Crippen LogP contribution in [0.5, 0.6) is 0 Å². The lowest BCUT2D eigenvalue weighted by atomic mass is 10.2. The molecule has 0 saturated carbocycles. The number of aryl methyl sites for hydroxylation is 1. The van der Waals surface area contributed by atoms with Crippen LogP contribution in [0.2, 0.25) is 0 Å². The summed E-state index contributed by atoms with van der Waals surface area (Å²) in [6.45, 7) is 1.97. The van der Waals surface area contributed by atoms with Gasteiger partial charge in [-0.1, -0.05) is 17.7 Å². The normalized spacial score (nSPS) is 10.4. The first-order chi connectivity index (χ1) is 8.49. The molecule has 0 saturated heterocycles. The average Bonchev–Trinajstić information content (AvgIpc) is 2.34. The maximum Gasteiger partial charge on any atom is 0.151 e. The van der Waals surface area contributed by atoms with Gasteiger partial charge in [-0.3, -0.25) is 0 Å². The van der Waals surface area contributed by atoms with Crippen molar-refractivity contribution in [2.75, 3.05) is 17.7 Å². The number of halogens is 2. The molecule has 0 aliphatic rings. The third-order valence-electron chi connectivity index (χ3n) is 2.86. The van der Waals surface area contributed by atoms with Crippen molar-refractivity contribution < 1.29 is 8.78 Å². The smallest absolute Gasteiger partial charge is 0.151 e. The van der Waals surface area contributed by atoms with Crippen LogP contribution in [-0.4, -0.2) is 7.05 Å². The lowest BCUT2D eigenvalue weighted by molar-refractivity contribution is 0.586. The molecule has 0 spiro atoms. The summed E-state index contributed by atoms with van der Waals surface area (Å²) in [4.78, 5) is 1.65. The van der Waals surface area contributed by atoms with Crippen molar-refractivity contribution >= 4 is 17.1 Å². The van der Waals surface area contributed by atoms with Crippen LogP contribution in [-0.2, 0) is 0 Å². The fourth-order valence-corrected chi connectivity index (χ4v) is 1.76. The molecule has 4 heteroatoms. The van der Waals surface area contributed by atoms with Gasteiger partial charge >= 0.3 is 0 Å². The van der Waals surface area contributed by atoms with E-state index in [1.54, 1.807) is 11.9 Å². The van der Waals surface area contributed by atoms with Gasteiger partial charge in [0.15, 0.2) is 5.82 Å². The molecule has 2 N–H and O–H groups in total. The fraction of sp³-hybridized carbons (Fsp3) is 0.143. The summed E-state index contributed by atoms with van der Waals surface area (Å²) in [6.07, 6.45) is 0. The molecule has 0 aliphatic heterocycles. The van der Waals surface area contributed by atoms with E-state index in [4.69, 9.17) is 5.73 Å². The molecule has 2 nitrogen and oxygen atoms in total. The number of nitrogens with two attached hydrogens (primary N) is 1. The number of benzene rings is 2. The number of hydrogen-bond acceptors (Lipinski definition) is 2. The van der Waals surface area contributed by atoms with Crippen molar-refractivity contribution in [1.82, 2.24) is 0 Å². The largest absolute Gasteiger partial charge is 0.395 e. The second kappa shape index (κ2) is 4.64. The summed E-state index contributed by atoms with van der Waals surface area (Å²) in [5, 5.41) is 0. The van der Waals surface area contributed by atoms with Crippen molar-refractivity contribution in [3.05, 3.63) is 53.6 Å². The SMILES string of the molecule is Cc1ccc(N(C)c2cc(F)cc(F)c2N)cc1. The summed E-state index contributed by atoms with van der Waals surface area (Å²) in [6, 6.07) is 9.60. The van der Waals surface area contributed by atoms with Gasteiger partial charge in [0.05, 0.1) is 11.4 Å². The number of nitrogens with zero attached hydrogens (tertiary/aromatic N) is 1. The molecule has 18 heavy (non-hydrogen) atoms. The second-order valence-electron chi connectivity index (χ2n) is 4.21. The Kier molecular flexibility index (Phi) is 3.19. The molecule has 0 radical (unpaired) electrons. The van der Waals surface area contributed by atoms with Gasteiger partial charge in [-0.15, -0.1) is 0 Å². The van der Waals surface area contributed by atoms with E-state index in [9.17, 15) is 8.78 Å². The predicted molar refractivity (Wildman–Crippen MR) is 70.0 cm³/mol. The monoisotopic (exact) mass is 248 g/mol. The van der Waals surface area contributed by atoms with Crippen LogP contribution in [0.3, 0.4) is 0 Å². The minimum Gasteiger partial charge on any atom is -0.395 e. The minimum absolute atomic E-state index is 0.0560. The van der Waals surface area contributed by atoms with E-state index in [0.717, 1.165) is 17.3 Å². The first kappa shape index (κ1) is 12.4. The number of nitrogen functional groups attached to an aromatic ring is 1. The van der Waals surface area contributed by atoms with E-state index < -0.39 is 11.6 Å². The van der Waals surface area contributed by atoms with Crippen LogP contribution in [0.1, 0.15) is 5.56 Å². The molecule has 2 rings (SSSR count). The molecule has 0 unspecified atom stereocenters. The van der Waals surface area contributed by atoms with Gasteiger partial charge in [0.2, 0.25) is 0 Å². The molecule has 0 amide bonds. The maximum atomic E-state index is 13.4. The molecule has 0 aliphatic carbocycles. The number of anilines is 3. The molecular weight excluding hydrogens is 234 g/mol. The minimum atomic E-state index is -0.746. The first-order valence-corrected chi connectivity index (χ1v) is 5.54. The first-order valence-electron chi connectivity index (χ1n) is 5.54. The van der Waals surface area contributed by atoms with Crippen molar-refractivity contribution in [3.63, 3.8) is 0 Å². The molecular formula is C14H14F2N2. The molecule has 0 aromatic heterocycles. The van der Waals surface area contributed by atoms with Crippen molar-refractivity contribution in [2.24, 2.45) is 0 Å². The zero-order valence-corrected chi connectivity index (χ0v) is 10.2. The summed E-state index contributed by atoms with van der Waals surface area (Å²) in [7, 11) is 1.72. The summed E-state index contributed by atoms with van der Waals surface area (Å²) < 4.78 is 26.6. The zero-order chi connectivity index (χ0) is 13.3. The molecule has 0 bridgehead atoms. The van der Waals surface area contributed by atoms with Gasteiger partial charge in [-0.05, 0) is 25.1 Å². The van der Waals surface area contributed by atoms with Crippen LogP contribution in [0, 0.1) is 18.6 Å². The molecule has 0 atom stereocenters. The molecule has 94 valence electrons. The van der Waals surface area contributed by atoms with Crippen LogP contribution < -0.4 is 10.6 Å². The van der Waals surface area contributed by atoms with E-state index >= 15 is 0 Å². The van der Waals surface area contributed by atoms with E-state index in [2.05, 4.69) is 0 Å². The van der Waals surface area contributed by atoms with Gasteiger partial charge < -0.3 is 10.6 Å². The van der Waals surface area contributed by atoms with Gasteiger partial charge in [-0.2, -0.15) is 0 Å². The Hall–Kier alpha value is -2.10. The van der Waals surface area contributed by atoms with E-state index in [1.165, 1.54) is 6.07 Å². The third-order valence-corrected chi connectivity index (χ3v) is 2.86. The summed E-state index contributed by atoms with van der Waals surface area (Å²) >= 11 is 0. The van der Waals surface area contributed by atoms with Crippen LogP contribution in [0.25, 0.3) is 0 Å². The number of hydrogen-bond donors (Lipinski definition) is 1. The van der Waals surface area contributed by atoms with E-state index in [0.29, 0.717) is 5.69 Å². The van der Waals surface area contributed by atoms with E-state index in [1.807, 2.05) is 31.2 Å². The molecule has 0 heterocycles. The van der Waals surface area contributed by atoms with E-state index in [-0.39, 0.29) is 5.69 Å². The van der Waals surface area contributed by atoms with Crippen LogP contribution >= 0.6 is 0 Å². The molecule has 0 fully saturated rings. The van der Waals surface area contributed by atoms with Crippen molar-refractivity contribution in [3.8, 4) is 0 Å². The fourth-order valence-electron chi connectivity index (χ4n) is 1.76. The van der Waals surface area contributed by atoms with Crippen molar-refractivity contribution in [1.29, 1.82) is 0 Å². The van der Waals surface area contributed by atoms with Gasteiger partial charge in [0.1, 0.15) is 5.82 Å². The van der Waals surface area contributed by atoms with Crippen LogP contribution in [0.15, 0.2) is 36.4 Å². The average molecular weight is 248 g/mol. The molecule has 2 aromatic rings. The highest BCUT2D eigenvalue weighted by atomic mass is 19.1. The number of rotatable bonds is 2. The third kappa shape index (κ3) is 2.27.